The summed E-state index contributed by atoms with van der Waals surface area (Å²) < 4.78 is 1.70. The summed E-state index contributed by atoms with van der Waals surface area (Å²) in [5, 5.41) is 9.89. The van der Waals surface area contributed by atoms with Crippen molar-refractivity contribution < 1.29 is 9.90 Å². The number of nitrogens with two attached hydrogens (primary N) is 1. The number of fused-ring (bicyclic) bond motifs is 2. The molecule has 8 heteroatoms. The Kier molecular flexibility index (Phi) is 4.44. The van der Waals surface area contributed by atoms with Gasteiger partial charge in [-0.2, -0.15) is 0 Å². The summed E-state index contributed by atoms with van der Waals surface area (Å²) in [6, 6.07) is 0.0277. The molecule has 2 aliphatic rings. The van der Waals surface area contributed by atoms with E-state index in [2.05, 4.69) is 22.0 Å². The molecule has 0 spiro atoms. The highest BCUT2D eigenvalue weighted by Crippen LogP contribution is 2.38. The Labute approximate surface area is 161 Å². The number of carboxylic acid groups (broad SMARTS) is 1. The molecule has 1 saturated heterocycles. The largest absolute Gasteiger partial charge is 0.477 e. The van der Waals surface area contributed by atoms with Crippen LogP contribution in [0.1, 0.15) is 23.7 Å². The summed E-state index contributed by atoms with van der Waals surface area (Å²) in [7, 11) is 0. The van der Waals surface area contributed by atoms with Gasteiger partial charge in [0.25, 0.3) is 0 Å². The topological polar surface area (TPSA) is 101 Å². The van der Waals surface area contributed by atoms with E-state index in [-0.39, 0.29) is 17.0 Å². The molecule has 4 rings (SSSR count). The van der Waals surface area contributed by atoms with E-state index < -0.39 is 11.4 Å². The van der Waals surface area contributed by atoms with Crippen LogP contribution in [-0.4, -0.2) is 39.8 Å². The fourth-order valence-electron chi connectivity index (χ4n) is 4.27. The van der Waals surface area contributed by atoms with Gasteiger partial charge in [0, 0.05) is 38.1 Å². The van der Waals surface area contributed by atoms with E-state index in [1.54, 1.807) is 4.57 Å². The third-order valence-electron chi connectivity index (χ3n) is 5.69. The van der Waals surface area contributed by atoms with Gasteiger partial charge in [-0.05, 0) is 25.2 Å². The lowest BCUT2D eigenvalue weighted by Gasteiger charge is -2.25. The van der Waals surface area contributed by atoms with Gasteiger partial charge in [0.1, 0.15) is 16.4 Å². The Hall–Kier alpha value is -2.38. The van der Waals surface area contributed by atoms with Gasteiger partial charge in [0.2, 0.25) is 5.43 Å². The summed E-state index contributed by atoms with van der Waals surface area (Å²) in [6.45, 7) is 3.93. The Balaban J connectivity index is 1.83. The summed E-state index contributed by atoms with van der Waals surface area (Å²) in [5.41, 5.74) is 5.91. The maximum atomic E-state index is 12.5. The van der Waals surface area contributed by atoms with E-state index in [0.717, 1.165) is 19.5 Å². The van der Waals surface area contributed by atoms with Crippen molar-refractivity contribution in [1.29, 1.82) is 0 Å². The number of allylic oxidation sites excluding steroid dienone is 1. The second-order valence-corrected chi connectivity index (χ2v) is 7.57. The summed E-state index contributed by atoms with van der Waals surface area (Å²) in [5.74, 6) is 0.178. The lowest BCUT2D eigenvalue weighted by Crippen LogP contribution is -2.35. The highest BCUT2D eigenvalue weighted by Gasteiger charge is 2.38. The molecular formula is C19H21ClN4O3. The molecule has 142 valence electrons. The molecular weight excluding hydrogens is 368 g/mol. The van der Waals surface area contributed by atoms with Crippen molar-refractivity contribution in [3.05, 3.63) is 45.4 Å². The van der Waals surface area contributed by atoms with Gasteiger partial charge in [0.05, 0.1) is 10.9 Å². The Morgan fingerprint density at radius 1 is 1.44 bits per heavy atom. The average molecular weight is 389 g/mol. The minimum atomic E-state index is -1.26. The quantitative estimate of drug-likeness (QED) is 0.781. The van der Waals surface area contributed by atoms with Crippen LogP contribution in [-0.2, 0) is 6.54 Å². The molecule has 0 saturated carbocycles. The minimum Gasteiger partial charge on any atom is -0.477 e. The zero-order chi connectivity index (χ0) is 19.3. The highest BCUT2D eigenvalue weighted by atomic mass is 35.5. The van der Waals surface area contributed by atoms with Crippen LogP contribution in [0.2, 0.25) is 5.02 Å². The van der Waals surface area contributed by atoms with Crippen LogP contribution < -0.4 is 16.1 Å². The van der Waals surface area contributed by atoms with Crippen molar-refractivity contribution in [3.63, 3.8) is 0 Å². The number of hydrogen-bond donors (Lipinski definition) is 2. The predicted molar refractivity (Wildman–Crippen MR) is 105 cm³/mol. The third kappa shape index (κ3) is 2.82. The normalized spacial score (nSPS) is 24.4. The summed E-state index contributed by atoms with van der Waals surface area (Å²) in [6.07, 6.45) is 7.97. The monoisotopic (exact) mass is 388 g/mol. The lowest BCUT2D eigenvalue weighted by molar-refractivity contribution is 0.0695. The zero-order valence-electron chi connectivity index (χ0n) is 14.9. The van der Waals surface area contributed by atoms with Crippen molar-refractivity contribution in [3.8, 4) is 0 Å². The minimum absolute atomic E-state index is 0.0277. The Morgan fingerprint density at radius 3 is 2.89 bits per heavy atom. The van der Waals surface area contributed by atoms with Crippen LogP contribution in [0.25, 0.3) is 10.9 Å². The highest BCUT2D eigenvalue weighted by molar-refractivity contribution is 6.37. The van der Waals surface area contributed by atoms with Crippen molar-refractivity contribution >= 4 is 34.3 Å². The number of pyridine rings is 2. The smallest absolute Gasteiger partial charge is 0.341 e. The zero-order valence-corrected chi connectivity index (χ0v) is 15.7. The van der Waals surface area contributed by atoms with Gasteiger partial charge in [-0.1, -0.05) is 23.8 Å². The van der Waals surface area contributed by atoms with E-state index in [0.29, 0.717) is 34.7 Å². The maximum absolute atomic E-state index is 12.5. The van der Waals surface area contributed by atoms with E-state index in [1.165, 1.54) is 12.4 Å². The number of carboxylic acids is 1. The van der Waals surface area contributed by atoms with Crippen molar-refractivity contribution in [2.75, 3.05) is 18.0 Å². The number of rotatable bonds is 3. The van der Waals surface area contributed by atoms with Crippen molar-refractivity contribution in [2.24, 2.45) is 17.6 Å². The molecule has 0 bridgehead atoms. The standard InChI is InChI=1S/C19H21ClN4O3/c1-2-23-9-13(19(26)27)17(25)11-6-22-18(15(20)16(11)23)24-7-10-4-3-5-14(21)12(10)8-24/h3,5-6,9-10,12,14H,2,4,7-8,21H2,1H3,(H,26,27)/t10-,12+,14-/m0/s1. The molecule has 3 N–H and O–H groups in total. The van der Waals surface area contributed by atoms with Crippen LogP contribution in [0.15, 0.2) is 29.3 Å². The number of hydrogen-bond acceptors (Lipinski definition) is 5. The Morgan fingerprint density at radius 2 is 2.22 bits per heavy atom. The van der Waals surface area contributed by atoms with E-state index >= 15 is 0 Å². The molecule has 3 atom stereocenters. The van der Waals surface area contributed by atoms with E-state index in [4.69, 9.17) is 17.3 Å². The SMILES string of the molecule is CCn1cc(C(=O)O)c(=O)c2cnc(N3C[C@@H]4CC=C[C@H](N)[C@@H]4C3)c(Cl)c21. The number of nitrogens with zero attached hydrogens (tertiary/aromatic N) is 3. The Bertz CT molecular complexity index is 1020. The molecule has 1 aliphatic carbocycles. The first-order chi connectivity index (χ1) is 12.9. The first-order valence-electron chi connectivity index (χ1n) is 9.04. The van der Waals surface area contributed by atoms with Crippen molar-refractivity contribution in [1.82, 2.24) is 9.55 Å². The third-order valence-corrected chi connectivity index (χ3v) is 6.04. The molecule has 27 heavy (non-hydrogen) atoms. The number of halogens is 1. The molecule has 1 fully saturated rings. The fourth-order valence-corrected chi connectivity index (χ4v) is 4.65. The molecule has 2 aromatic rings. The second kappa shape index (κ2) is 6.65. The first-order valence-corrected chi connectivity index (χ1v) is 9.42. The van der Waals surface area contributed by atoms with Crippen LogP contribution in [0, 0.1) is 11.8 Å². The average Bonchev–Trinajstić information content (AvgIpc) is 3.07. The van der Waals surface area contributed by atoms with Gasteiger partial charge < -0.3 is 20.3 Å². The summed E-state index contributed by atoms with van der Waals surface area (Å²) >= 11 is 6.69. The van der Waals surface area contributed by atoms with Crippen molar-refractivity contribution in [2.45, 2.75) is 25.9 Å². The van der Waals surface area contributed by atoms with E-state index in [9.17, 15) is 14.7 Å². The summed E-state index contributed by atoms with van der Waals surface area (Å²) in [4.78, 5) is 30.5. The fraction of sp³-hybridized carbons (Fsp3) is 0.421. The molecule has 0 aromatic carbocycles. The molecule has 1 aliphatic heterocycles. The van der Waals surface area contributed by atoms with Crippen LogP contribution in [0.3, 0.4) is 0 Å². The van der Waals surface area contributed by atoms with Gasteiger partial charge >= 0.3 is 5.97 Å². The molecule has 0 unspecified atom stereocenters. The van der Waals surface area contributed by atoms with Gasteiger partial charge in [-0.25, -0.2) is 9.78 Å². The molecule has 0 amide bonds. The molecule has 3 heterocycles. The maximum Gasteiger partial charge on any atom is 0.341 e. The van der Waals surface area contributed by atoms with Crippen LogP contribution >= 0.6 is 11.6 Å². The predicted octanol–water partition coefficient (Wildman–Crippen LogP) is 2.11. The van der Waals surface area contributed by atoms with Gasteiger partial charge in [-0.3, -0.25) is 4.79 Å². The lowest BCUT2D eigenvalue weighted by atomic mass is 9.83. The van der Waals surface area contributed by atoms with Crippen LogP contribution in [0.4, 0.5) is 5.82 Å². The van der Waals surface area contributed by atoms with Gasteiger partial charge in [0.15, 0.2) is 0 Å². The second-order valence-electron chi connectivity index (χ2n) is 7.19. The van der Waals surface area contributed by atoms with Gasteiger partial charge in [-0.15, -0.1) is 0 Å². The number of anilines is 1. The molecule has 0 radical (unpaired) electrons. The number of carbonyl (C=O) groups is 1. The van der Waals surface area contributed by atoms with E-state index in [1.807, 2.05) is 6.92 Å². The first kappa shape index (κ1) is 18.0. The molecule has 7 nitrogen and oxygen atoms in total. The van der Waals surface area contributed by atoms with Crippen LogP contribution in [0.5, 0.6) is 0 Å². The number of aromatic carboxylic acids is 1. The molecule has 2 aromatic heterocycles. The number of aryl methyl sites for hydroxylation is 1. The number of aromatic nitrogens is 2.